The summed E-state index contributed by atoms with van der Waals surface area (Å²) in [7, 11) is 1.52. The van der Waals surface area contributed by atoms with E-state index in [1.807, 2.05) is 12.1 Å². The molecule has 0 aliphatic heterocycles. The standard InChI is InChI=1S/C14H16FNOS/c1-3-10-5-7-13(18-10)14(16)11-6-4-9(17-2)8-12(11)15/h4-8,14H,3,16H2,1-2H3. The van der Waals surface area contributed by atoms with Crippen molar-refractivity contribution >= 4 is 11.3 Å². The molecule has 0 saturated heterocycles. The Balaban J connectivity index is 2.30. The zero-order chi connectivity index (χ0) is 13.1. The van der Waals surface area contributed by atoms with Crippen molar-refractivity contribution < 1.29 is 9.13 Å². The molecule has 2 aromatic rings. The van der Waals surface area contributed by atoms with Gasteiger partial charge in [0.1, 0.15) is 11.6 Å². The van der Waals surface area contributed by atoms with Crippen LogP contribution >= 0.6 is 11.3 Å². The van der Waals surface area contributed by atoms with Gasteiger partial charge < -0.3 is 10.5 Å². The number of methoxy groups -OCH3 is 1. The van der Waals surface area contributed by atoms with Crippen LogP contribution in [0, 0.1) is 5.82 Å². The average Bonchev–Trinajstić information content (AvgIpc) is 2.86. The molecule has 1 heterocycles. The molecule has 2 N–H and O–H groups in total. The second kappa shape index (κ2) is 5.50. The Kier molecular flexibility index (Phi) is 3.99. The summed E-state index contributed by atoms with van der Waals surface area (Å²) >= 11 is 1.63. The van der Waals surface area contributed by atoms with E-state index >= 15 is 0 Å². The molecule has 0 spiro atoms. The molecule has 2 rings (SSSR count). The fourth-order valence-electron chi connectivity index (χ4n) is 1.79. The Morgan fingerprint density at radius 2 is 2.11 bits per heavy atom. The van der Waals surface area contributed by atoms with E-state index in [9.17, 15) is 4.39 Å². The van der Waals surface area contributed by atoms with Crippen molar-refractivity contribution in [3.05, 3.63) is 51.5 Å². The average molecular weight is 265 g/mol. The number of thiophene rings is 1. The molecule has 1 atom stereocenters. The van der Waals surface area contributed by atoms with Crippen molar-refractivity contribution in [3.63, 3.8) is 0 Å². The quantitative estimate of drug-likeness (QED) is 0.918. The summed E-state index contributed by atoms with van der Waals surface area (Å²) in [6.45, 7) is 2.09. The minimum atomic E-state index is -0.416. The molecule has 0 aliphatic carbocycles. The van der Waals surface area contributed by atoms with Gasteiger partial charge in [0.25, 0.3) is 0 Å². The van der Waals surface area contributed by atoms with Crippen molar-refractivity contribution in [3.8, 4) is 5.75 Å². The van der Waals surface area contributed by atoms with Crippen molar-refractivity contribution in [2.45, 2.75) is 19.4 Å². The molecule has 2 nitrogen and oxygen atoms in total. The van der Waals surface area contributed by atoms with Crippen LogP contribution in [0.15, 0.2) is 30.3 Å². The summed E-state index contributed by atoms with van der Waals surface area (Å²) < 4.78 is 18.9. The molecule has 0 aliphatic rings. The molecular formula is C14H16FNOS. The molecule has 0 saturated carbocycles. The summed E-state index contributed by atoms with van der Waals surface area (Å²) in [4.78, 5) is 2.24. The molecule has 0 amide bonds. The minimum absolute atomic E-state index is 0.326. The van der Waals surface area contributed by atoms with Crippen molar-refractivity contribution in [2.24, 2.45) is 5.73 Å². The van der Waals surface area contributed by atoms with Crippen LogP contribution in [-0.4, -0.2) is 7.11 Å². The lowest BCUT2D eigenvalue weighted by atomic mass is 10.1. The minimum Gasteiger partial charge on any atom is -0.497 e. The maximum Gasteiger partial charge on any atom is 0.132 e. The number of hydrogen-bond acceptors (Lipinski definition) is 3. The monoisotopic (exact) mass is 265 g/mol. The fraction of sp³-hybridized carbons (Fsp3) is 0.286. The Labute approximate surface area is 110 Å². The molecule has 1 aromatic heterocycles. The van der Waals surface area contributed by atoms with Gasteiger partial charge in [-0.05, 0) is 24.6 Å². The SMILES string of the molecule is CCc1ccc(C(N)c2ccc(OC)cc2F)s1. The number of nitrogens with two attached hydrogens (primary N) is 1. The molecule has 1 unspecified atom stereocenters. The summed E-state index contributed by atoms with van der Waals surface area (Å²) in [6.07, 6.45) is 0.975. The topological polar surface area (TPSA) is 35.2 Å². The second-order valence-electron chi connectivity index (χ2n) is 4.02. The molecule has 0 bridgehead atoms. The summed E-state index contributed by atoms with van der Waals surface area (Å²) in [6, 6.07) is 8.38. The molecule has 96 valence electrons. The Bertz CT molecular complexity index is 538. The Morgan fingerprint density at radius 3 is 2.67 bits per heavy atom. The normalized spacial score (nSPS) is 12.4. The molecule has 4 heteroatoms. The maximum absolute atomic E-state index is 13.9. The van der Waals surface area contributed by atoms with Gasteiger partial charge in [-0.2, -0.15) is 0 Å². The predicted octanol–water partition coefficient (Wildman–Crippen LogP) is 3.51. The van der Waals surface area contributed by atoms with Crippen LogP contribution < -0.4 is 10.5 Å². The van der Waals surface area contributed by atoms with Gasteiger partial charge >= 0.3 is 0 Å². The predicted molar refractivity (Wildman–Crippen MR) is 72.7 cm³/mol. The first-order valence-electron chi connectivity index (χ1n) is 5.83. The highest BCUT2D eigenvalue weighted by molar-refractivity contribution is 7.12. The van der Waals surface area contributed by atoms with Crippen LogP contribution in [0.2, 0.25) is 0 Å². The lowest BCUT2D eigenvalue weighted by Gasteiger charge is -2.12. The van der Waals surface area contributed by atoms with Gasteiger partial charge in [0, 0.05) is 21.4 Å². The highest BCUT2D eigenvalue weighted by Crippen LogP contribution is 2.29. The van der Waals surface area contributed by atoms with E-state index in [4.69, 9.17) is 10.5 Å². The molecule has 1 aromatic carbocycles. The Morgan fingerprint density at radius 1 is 1.33 bits per heavy atom. The van der Waals surface area contributed by atoms with Crippen LogP contribution in [0.25, 0.3) is 0 Å². The highest BCUT2D eigenvalue weighted by atomic mass is 32.1. The largest absolute Gasteiger partial charge is 0.497 e. The molecule has 0 fully saturated rings. The van der Waals surface area contributed by atoms with Crippen molar-refractivity contribution in [1.29, 1.82) is 0 Å². The zero-order valence-electron chi connectivity index (χ0n) is 10.4. The van der Waals surface area contributed by atoms with E-state index in [1.54, 1.807) is 23.5 Å². The summed E-state index contributed by atoms with van der Waals surface area (Å²) in [5.74, 6) is 0.178. The van der Waals surface area contributed by atoms with Gasteiger partial charge in [0.05, 0.1) is 13.2 Å². The highest BCUT2D eigenvalue weighted by Gasteiger charge is 2.16. The van der Waals surface area contributed by atoms with Crippen LogP contribution in [0.3, 0.4) is 0 Å². The lowest BCUT2D eigenvalue weighted by molar-refractivity contribution is 0.410. The van der Waals surface area contributed by atoms with E-state index in [-0.39, 0.29) is 5.82 Å². The molecule has 18 heavy (non-hydrogen) atoms. The van der Waals surface area contributed by atoms with Gasteiger partial charge in [0.2, 0.25) is 0 Å². The number of benzene rings is 1. The van der Waals surface area contributed by atoms with Gasteiger partial charge in [-0.15, -0.1) is 11.3 Å². The zero-order valence-corrected chi connectivity index (χ0v) is 11.3. The lowest BCUT2D eigenvalue weighted by Crippen LogP contribution is -2.12. The second-order valence-corrected chi connectivity index (χ2v) is 5.22. The fourth-order valence-corrected chi connectivity index (χ4v) is 2.77. The van der Waals surface area contributed by atoms with Crippen LogP contribution in [0.4, 0.5) is 4.39 Å². The van der Waals surface area contributed by atoms with E-state index < -0.39 is 6.04 Å². The van der Waals surface area contributed by atoms with E-state index in [2.05, 4.69) is 6.92 Å². The summed E-state index contributed by atoms with van der Waals surface area (Å²) in [5.41, 5.74) is 6.61. The van der Waals surface area contributed by atoms with Crippen molar-refractivity contribution in [1.82, 2.24) is 0 Å². The molecular weight excluding hydrogens is 249 g/mol. The first kappa shape index (κ1) is 13.1. The van der Waals surface area contributed by atoms with E-state index in [0.717, 1.165) is 11.3 Å². The van der Waals surface area contributed by atoms with Crippen LogP contribution in [0.1, 0.15) is 28.3 Å². The van der Waals surface area contributed by atoms with Gasteiger partial charge in [-0.25, -0.2) is 4.39 Å². The van der Waals surface area contributed by atoms with Crippen molar-refractivity contribution in [2.75, 3.05) is 7.11 Å². The molecule has 0 radical (unpaired) electrons. The van der Waals surface area contributed by atoms with Gasteiger partial charge in [-0.3, -0.25) is 0 Å². The van der Waals surface area contributed by atoms with E-state index in [1.165, 1.54) is 18.1 Å². The maximum atomic E-state index is 13.9. The number of ether oxygens (including phenoxy) is 1. The number of aryl methyl sites for hydroxylation is 1. The number of halogens is 1. The third-order valence-corrected chi connectivity index (χ3v) is 4.19. The first-order valence-corrected chi connectivity index (χ1v) is 6.65. The van der Waals surface area contributed by atoms with Crippen LogP contribution in [-0.2, 0) is 6.42 Å². The van der Waals surface area contributed by atoms with E-state index in [0.29, 0.717) is 11.3 Å². The third kappa shape index (κ3) is 2.54. The summed E-state index contributed by atoms with van der Waals surface area (Å²) in [5, 5.41) is 0. The first-order chi connectivity index (χ1) is 8.65. The smallest absolute Gasteiger partial charge is 0.132 e. The third-order valence-electron chi connectivity index (χ3n) is 2.88. The van der Waals surface area contributed by atoms with Gasteiger partial charge in [0.15, 0.2) is 0 Å². The number of rotatable bonds is 4. The Hall–Kier alpha value is -1.39. The van der Waals surface area contributed by atoms with Crippen LogP contribution in [0.5, 0.6) is 5.75 Å². The van der Waals surface area contributed by atoms with Gasteiger partial charge in [-0.1, -0.05) is 13.0 Å². The number of hydrogen-bond donors (Lipinski definition) is 1.